The molecular weight excluding hydrogens is 293 g/mol. The molecule has 0 aliphatic heterocycles. The van der Waals surface area contributed by atoms with Crippen molar-refractivity contribution in [2.24, 2.45) is 5.73 Å². The average molecular weight is 302 g/mol. The molecule has 0 saturated heterocycles. The summed E-state index contributed by atoms with van der Waals surface area (Å²) >= 11 is 4.48. The van der Waals surface area contributed by atoms with Gasteiger partial charge in [-0.1, -0.05) is 12.1 Å². The molecule has 2 nitrogen and oxygen atoms in total. The Labute approximate surface area is 105 Å². The zero-order chi connectivity index (χ0) is 11.7. The van der Waals surface area contributed by atoms with E-state index < -0.39 is 11.9 Å². The van der Waals surface area contributed by atoms with E-state index in [0.29, 0.717) is 5.56 Å². The molecule has 0 radical (unpaired) electrons. The fraction of sp³-hybridized carbons (Fsp3) is 0.0909. The standard InChI is InChI=1S/C11H9BrFNOS/c12-9-7(13)4-3-6(11(9)15)10(14)8-2-1-5-16-8/h1-5,10,15H,14H2/t10-/m0/s1. The first-order valence-corrected chi connectivity index (χ1v) is 6.24. The zero-order valence-corrected chi connectivity index (χ0v) is 10.6. The number of benzene rings is 1. The lowest BCUT2D eigenvalue weighted by Crippen LogP contribution is -2.10. The molecule has 0 bridgehead atoms. The van der Waals surface area contributed by atoms with Crippen molar-refractivity contribution in [3.63, 3.8) is 0 Å². The number of hydrogen-bond acceptors (Lipinski definition) is 3. The highest BCUT2D eigenvalue weighted by atomic mass is 79.9. The number of nitrogens with two attached hydrogens (primary N) is 1. The Morgan fingerprint density at radius 1 is 1.38 bits per heavy atom. The predicted octanol–water partition coefficient (Wildman–Crippen LogP) is 3.40. The summed E-state index contributed by atoms with van der Waals surface area (Å²) in [6, 6.07) is 6.12. The van der Waals surface area contributed by atoms with Gasteiger partial charge in [-0.25, -0.2) is 4.39 Å². The van der Waals surface area contributed by atoms with Gasteiger partial charge in [-0.15, -0.1) is 11.3 Å². The first kappa shape index (κ1) is 11.6. The first-order chi connectivity index (χ1) is 7.61. The van der Waals surface area contributed by atoms with E-state index in [1.54, 1.807) is 0 Å². The average Bonchev–Trinajstić information content (AvgIpc) is 2.79. The SMILES string of the molecule is N[C@H](c1cccs1)c1ccc(F)c(Br)c1O. The Morgan fingerprint density at radius 3 is 2.75 bits per heavy atom. The number of halogens is 2. The van der Waals surface area contributed by atoms with Crippen LogP contribution in [0.3, 0.4) is 0 Å². The van der Waals surface area contributed by atoms with Crippen molar-refractivity contribution >= 4 is 27.3 Å². The van der Waals surface area contributed by atoms with Gasteiger partial charge >= 0.3 is 0 Å². The minimum atomic E-state index is -0.500. The Morgan fingerprint density at radius 2 is 2.12 bits per heavy atom. The number of aromatic hydroxyl groups is 1. The maximum Gasteiger partial charge on any atom is 0.141 e. The summed E-state index contributed by atoms with van der Waals surface area (Å²) in [4.78, 5) is 0.925. The number of hydrogen-bond donors (Lipinski definition) is 2. The van der Waals surface area contributed by atoms with Gasteiger partial charge in [0.15, 0.2) is 0 Å². The Hall–Kier alpha value is -0.910. The monoisotopic (exact) mass is 301 g/mol. The van der Waals surface area contributed by atoms with Crippen LogP contribution < -0.4 is 5.73 Å². The molecular formula is C11H9BrFNOS. The molecule has 5 heteroatoms. The first-order valence-electron chi connectivity index (χ1n) is 4.57. The van der Waals surface area contributed by atoms with Crippen LogP contribution in [0, 0.1) is 5.82 Å². The second-order valence-electron chi connectivity index (χ2n) is 3.29. The Bertz CT molecular complexity index is 501. The molecule has 0 fully saturated rings. The van der Waals surface area contributed by atoms with Crippen molar-refractivity contribution in [3.8, 4) is 5.75 Å². The third-order valence-electron chi connectivity index (χ3n) is 2.29. The molecule has 0 saturated carbocycles. The third kappa shape index (κ3) is 1.98. The van der Waals surface area contributed by atoms with Gasteiger partial charge in [0.05, 0.1) is 10.5 Å². The summed E-state index contributed by atoms with van der Waals surface area (Å²) in [5.74, 6) is -0.638. The topological polar surface area (TPSA) is 46.2 Å². The molecule has 1 heterocycles. The van der Waals surface area contributed by atoms with Gasteiger partial charge in [0.25, 0.3) is 0 Å². The van der Waals surface area contributed by atoms with Gasteiger partial charge in [0.2, 0.25) is 0 Å². The maximum atomic E-state index is 13.1. The summed E-state index contributed by atoms with van der Waals surface area (Å²) < 4.78 is 13.2. The smallest absolute Gasteiger partial charge is 0.141 e. The lowest BCUT2D eigenvalue weighted by Gasteiger charge is -2.13. The van der Waals surface area contributed by atoms with Crippen LogP contribution in [0.5, 0.6) is 5.75 Å². The van der Waals surface area contributed by atoms with Crippen LogP contribution in [0.25, 0.3) is 0 Å². The summed E-state index contributed by atoms with van der Waals surface area (Å²) in [7, 11) is 0. The van der Waals surface area contributed by atoms with E-state index in [4.69, 9.17) is 5.73 Å². The second-order valence-corrected chi connectivity index (χ2v) is 5.06. The normalized spacial score (nSPS) is 12.7. The van der Waals surface area contributed by atoms with E-state index in [9.17, 15) is 9.50 Å². The van der Waals surface area contributed by atoms with E-state index in [0.717, 1.165) is 4.88 Å². The van der Waals surface area contributed by atoms with Gasteiger partial charge in [0.1, 0.15) is 11.6 Å². The van der Waals surface area contributed by atoms with Gasteiger partial charge in [-0.05, 0) is 33.4 Å². The van der Waals surface area contributed by atoms with Crippen molar-refractivity contribution in [3.05, 3.63) is 50.4 Å². The third-order valence-corrected chi connectivity index (χ3v) is 3.99. The second kappa shape index (κ2) is 4.53. The van der Waals surface area contributed by atoms with Crippen molar-refractivity contribution in [2.45, 2.75) is 6.04 Å². The molecule has 0 unspecified atom stereocenters. The van der Waals surface area contributed by atoms with E-state index in [1.807, 2.05) is 17.5 Å². The Kier molecular flexibility index (Phi) is 3.28. The van der Waals surface area contributed by atoms with Gasteiger partial charge in [-0.2, -0.15) is 0 Å². The molecule has 0 aliphatic rings. The van der Waals surface area contributed by atoms with E-state index in [-0.39, 0.29) is 10.2 Å². The zero-order valence-electron chi connectivity index (χ0n) is 8.15. The predicted molar refractivity (Wildman–Crippen MR) is 66.1 cm³/mol. The number of phenolic OH excluding ortho intramolecular Hbond substituents is 1. The lowest BCUT2D eigenvalue weighted by molar-refractivity contribution is 0.454. The highest BCUT2D eigenvalue weighted by Crippen LogP contribution is 2.36. The van der Waals surface area contributed by atoms with Crippen molar-refractivity contribution < 1.29 is 9.50 Å². The van der Waals surface area contributed by atoms with Gasteiger partial charge in [0, 0.05) is 10.4 Å². The molecule has 16 heavy (non-hydrogen) atoms. The minimum absolute atomic E-state index is 0.0528. The lowest BCUT2D eigenvalue weighted by atomic mass is 10.1. The van der Waals surface area contributed by atoms with Gasteiger partial charge < -0.3 is 10.8 Å². The molecule has 84 valence electrons. The molecule has 2 rings (SSSR count). The summed E-state index contributed by atoms with van der Waals surface area (Å²) in [6.07, 6.45) is 0. The van der Waals surface area contributed by atoms with Crippen LogP contribution >= 0.6 is 27.3 Å². The van der Waals surface area contributed by atoms with Crippen LogP contribution in [0.2, 0.25) is 0 Å². The number of thiophene rings is 1. The maximum absolute atomic E-state index is 13.1. The molecule has 0 aliphatic carbocycles. The number of rotatable bonds is 2. The van der Waals surface area contributed by atoms with Crippen LogP contribution in [-0.4, -0.2) is 5.11 Å². The highest BCUT2D eigenvalue weighted by molar-refractivity contribution is 9.10. The molecule has 3 N–H and O–H groups in total. The summed E-state index contributed by atoms with van der Waals surface area (Å²) in [5.41, 5.74) is 6.50. The quantitative estimate of drug-likeness (QED) is 0.893. The van der Waals surface area contributed by atoms with Crippen molar-refractivity contribution in [1.82, 2.24) is 0 Å². The van der Waals surface area contributed by atoms with Crippen LogP contribution in [-0.2, 0) is 0 Å². The molecule has 0 amide bonds. The molecule has 1 atom stereocenters. The van der Waals surface area contributed by atoms with E-state index in [2.05, 4.69) is 15.9 Å². The van der Waals surface area contributed by atoms with Crippen molar-refractivity contribution in [2.75, 3.05) is 0 Å². The summed E-state index contributed by atoms with van der Waals surface area (Å²) in [6.45, 7) is 0. The van der Waals surface area contributed by atoms with E-state index in [1.165, 1.54) is 23.5 Å². The highest BCUT2D eigenvalue weighted by Gasteiger charge is 2.17. The fourth-order valence-electron chi connectivity index (χ4n) is 1.43. The largest absolute Gasteiger partial charge is 0.506 e. The molecule has 2 aromatic rings. The van der Waals surface area contributed by atoms with Gasteiger partial charge in [-0.3, -0.25) is 0 Å². The van der Waals surface area contributed by atoms with Crippen molar-refractivity contribution in [1.29, 1.82) is 0 Å². The molecule has 1 aromatic carbocycles. The van der Waals surface area contributed by atoms with Crippen LogP contribution in [0.4, 0.5) is 4.39 Å². The Balaban J connectivity index is 2.45. The number of phenols is 1. The molecule has 1 aromatic heterocycles. The summed E-state index contributed by atoms with van der Waals surface area (Å²) in [5, 5.41) is 11.7. The molecule has 0 spiro atoms. The van der Waals surface area contributed by atoms with E-state index >= 15 is 0 Å². The fourth-order valence-corrected chi connectivity index (χ4v) is 2.53. The van der Waals surface area contributed by atoms with Crippen LogP contribution in [0.1, 0.15) is 16.5 Å². The van der Waals surface area contributed by atoms with Crippen LogP contribution in [0.15, 0.2) is 34.1 Å². The minimum Gasteiger partial charge on any atom is -0.506 e.